The van der Waals surface area contributed by atoms with E-state index in [0.717, 1.165) is 4.47 Å². The van der Waals surface area contributed by atoms with Crippen molar-refractivity contribution in [3.8, 4) is 5.88 Å². The SMILES string of the molecule is CCc1ncnc(OC2CCN(C(=O)c3cncc(Br)c3)C2)c1F. The second kappa shape index (κ2) is 7.21. The van der Waals surface area contributed by atoms with Gasteiger partial charge in [0.15, 0.2) is 0 Å². The first-order valence-electron chi connectivity index (χ1n) is 7.64. The summed E-state index contributed by atoms with van der Waals surface area (Å²) in [5, 5.41) is 0. The number of nitrogens with zero attached hydrogens (tertiary/aromatic N) is 4. The number of halogens is 2. The van der Waals surface area contributed by atoms with E-state index in [2.05, 4.69) is 30.9 Å². The first kappa shape index (κ1) is 16.8. The third-order valence-electron chi connectivity index (χ3n) is 3.83. The summed E-state index contributed by atoms with van der Waals surface area (Å²) < 4.78 is 20.5. The van der Waals surface area contributed by atoms with Crippen LogP contribution in [0.1, 0.15) is 29.4 Å². The second-order valence-electron chi connectivity index (χ2n) is 5.46. The molecule has 0 N–H and O–H groups in total. The van der Waals surface area contributed by atoms with Crippen LogP contribution in [0, 0.1) is 5.82 Å². The minimum Gasteiger partial charge on any atom is -0.470 e. The number of hydrogen-bond donors (Lipinski definition) is 0. The number of aryl methyl sites for hydroxylation is 1. The molecular weight excluding hydrogens is 379 g/mol. The molecule has 1 saturated heterocycles. The molecule has 0 aliphatic carbocycles. The van der Waals surface area contributed by atoms with Gasteiger partial charge in [-0.05, 0) is 28.4 Å². The highest BCUT2D eigenvalue weighted by Gasteiger charge is 2.29. The molecule has 3 rings (SSSR count). The van der Waals surface area contributed by atoms with Gasteiger partial charge in [-0.3, -0.25) is 9.78 Å². The van der Waals surface area contributed by atoms with Gasteiger partial charge in [0.2, 0.25) is 5.82 Å². The van der Waals surface area contributed by atoms with Gasteiger partial charge in [-0.25, -0.2) is 4.98 Å². The van der Waals surface area contributed by atoms with Gasteiger partial charge in [0.1, 0.15) is 12.4 Å². The Morgan fingerprint density at radius 2 is 2.29 bits per heavy atom. The van der Waals surface area contributed by atoms with E-state index in [1.807, 2.05) is 6.92 Å². The molecule has 1 fully saturated rings. The third-order valence-corrected chi connectivity index (χ3v) is 4.26. The molecule has 1 unspecified atom stereocenters. The molecule has 1 atom stereocenters. The summed E-state index contributed by atoms with van der Waals surface area (Å²) >= 11 is 3.30. The lowest BCUT2D eigenvalue weighted by Gasteiger charge is -2.17. The normalized spacial score (nSPS) is 17.1. The molecular formula is C16H16BrFN4O2. The highest BCUT2D eigenvalue weighted by atomic mass is 79.9. The molecule has 1 amide bonds. The summed E-state index contributed by atoms with van der Waals surface area (Å²) in [4.78, 5) is 25.9. The van der Waals surface area contributed by atoms with Crippen LogP contribution >= 0.6 is 15.9 Å². The van der Waals surface area contributed by atoms with Crippen molar-refractivity contribution in [2.75, 3.05) is 13.1 Å². The van der Waals surface area contributed by atoms with Crippen LogP contribution in [-0.2, 0) is 6.42 Å². The first-order chi connectivity index (χ1) is 11.6. The lowest BCUT2D eigenvalue weighted by Crippen LogP contribution is -2.31. The van der Waals surface area contributed by atoms with Crippen molar-refractivity contribution in [3.05, 3.63) is 46.3 Å². The van der Waals surface area contributed by atoms with E-state index < -0.39 is 5.82 Å². The van der Waals surface area contributed by atoms with Gasteiger partial charge >= 0.3 is 0 Å². The molecule has 0 aromatic carbocycles. The lowest BCUT2D eigenvalue weighted by atomic mass is 10.2. The number of likely N-dealkylation sites (tertiary alicyclic amines) is 1. The summed E-state index contributed by atoms with van der Waals surface area (Å²) in [6.07, 6.45) is 5.24. The maximum Gasteiger partial charge on any atom is 0.255 e. The van der Waals surface area contributed by atoms with Crippen molar-refractivity contribution in [2.45, 2.75) is 25.9 Å². The van der Waals surface area contributed by atoms with Gasteiger partial charge < -0.3 is 9.64 Å². The number of rotatable bonds is 4. The van der Waals surface area contributed by atoms with Crippen LogP contribution in [0.2, 0.25) is 0 Å². The van der Waals surface area contributed by atoms with Gasteiger partial charge in [0.05, 0.1) is 17.8 Å². The quantitative estimate of drug-likeness (QED) is 0.796. The number of pyridine rings is 1. The van der Waals surface area contributed by atoms with E-state index in [-0.39, 0.29) is 17.9 Å². The predicted molar refractivity (Wildman–Crippen MR) is 88.2 cm³/mol. The van der Waals surface area contributed by atoms with E-state index in [9.17, 15) is 9.18 Å². The predicted octanol–water partition coefficient (Wildman–Crippen LogP) is 2.63. The molecule has 1 aliphatic heterocycles. The van der Waals surface area contributed by atoms with Crippen LogP contribution in [0.15, 0.2) is 29.3 Å². The summed E-state index contributed by atoms with van der Waals surface area (Å²) in [7, 11) is 0. The zero-order chi connectivity index (χ0) is 17.1. The van der Waals surface area contributed by atoms with Gasteiger partial charge in [0.25, 0.3) is 11.8 Å². The average molecular weight is 395 g/mol. The van der Waals surface area contributed by atoms with Gasteiger partial charge in [0, 0.05) is 29.8 Å². The molecule has 0 bridgehead atoms. The fourth-order valence-corrected chi connectivity index (χ4v) is 2.96. The molecule has 2 aromatic rings. The number of carbonyl (C=O) groups is 1. The molecule has 0 spiro atoms. The fourth-order valence-electron chi connectivity index (χ4n) is 2.59. The molecule has 24 heavy (non-hydrogen) atoms. The highest BCUT2D eigenvalue weighted by Crippen LogP contribution is 2.22. The van der Waals surface area contributed by atoms with Crippen molar-refractivity contribution in [3.63, 3.8) is 0 Å². The first-order valence-corrected chi connectivity index (χ1v) is 8.43. The Morgan fingerprint density at radius 1 is 1.46 bits per heavy atom. The minimum absolute atomic E-state index is 0.0507. The van der Waals surface area contributed by atoms with Gasteiger partial charge in [-0.2, -0.15) is 9.37 Å². The monoisotopic (exact) mass is 394 g/mol. The molecule has 3 heterocycles. The number of ether oxygens (including phenoxy) is 1. The Morgan fingerprint density at radius 3 is 3.04 bits per heavy atom. The van der Waals surface area contributed by atoms with E-state index in [0.29, 0.717) is 37.2 Å². The van der Waals surface area contributed by atoms with Gasteiger partial charge in [-0.1, -0.05) is 6.92 Å². The standard InChI is InChI=1S/C16H16BrFN4O2/c1-2-13-14(18)15(21-9-20-13)24-12-3-4-22(8-12)16(23)10-5-11(17)7-19-6-10/h5-7,9,12H,2-4,8H2,1H3. The van der Waals surface area contributed by atoms with Crippen molar-refractivity contribution in [1.82, 2.24) is 19.9 Å². The summed E-state index contributed by atoms with van der Waals surface area (Å²) in [5.74, 6) is -0.696. The van der Waals surface area contributed by atoms with Crippen molar-refractivity contribution in [1.29, 1.82) is 0 Å². The number of aromatic nitrogens is 3. The number of carbonyl (C=O) groups excluding carboxylic acids is 1. The van der Waals surface area contributed by atoms with Crippen molar-refractivity contribution < 1.29 is 13.9 Å². The highest BCUT2D eigenvalue weighted by molar-refractivity contribution is 9.10. The maximum absolute atomic E-state index is 14.1. The van der Waals surface area contributed by atoms with Crippen LogP contribution in [0.5, 0.6) is 5.88 Å². The van der Waals surface area contributed by atoms with Crippen molar-refractivity contribution >= 4 is 21.8 Å². The average Bonchev–Trinajstić information content (AvgIpc) is 3.04. The molecule has 6 nitrogen and oxygen atoms in total. The molecule has 1 aliphatic rings. The van der Waals surface area contributed by atoms with Gasteiger partial charge in [-0.15, -0.1) is 0 Å². The summed E-state index contributed by atoms with van der Waals surface area (Å²) in [6, 6.07) is 1.72. The van der Waals surface area contributed by atoms with E-state index in [1.165, 1.54) is 12.5 Å². The molecule has 0 saturated carbocycles. The maximum atomic E-state index is 14.1. The van der Waals surface area contributed by atoms with Crippen LogP contribution in [0.25, 0.3) is 0 Å². The third kappa shape index (κ3) is 3.53. The Labute approximate surface area is 147 Å². The molecule has 2 aromatic heterocycles. The minimum atomic E-state index is -0.527. The van der Waals surface area contributed by atoms with E-state index in [4.69, 9.17) is 4.74 Å². The van der Waals surface area contributed by atoms with Crippen LogP contribution in [0.4, 0.5) is 4.39 Å². The fraction of sp³-hybridized carbons (Fsp3) is 0.375. The largest absolute Gasteiger partial charge is 0.470 e. The second-order valence-corrected chi connectivity index (χ2v) is 6.38. The lowest BCUT2D eigenvalue weighted by molar-refractivity contribution is 0.0769. The zero-order valence-corrected chi connectivity index (χ0v) is 14.7. The topological polar surface area (TPSA) is 68.2 Å². The summed E-state index contributed by atoms with van der Waals surface area (Å²) in [6.45, 7) is 2.75. The van der Waals surface area contributed by atoms with Crippen LogP contribution in [-0.4, -0.2) is 45.0 Å². The smallest absolute Gasteiger partial charge is 0.255 e. The van der Waals surface area contributed by atoms with Crippen LogP contribution in [0.3, 0.4) is 0 Å². The van der Waals surface area contributed by atoms with E-state index >= 15 is 0 Å². The van der Waals surface area contributed by atoms with Crippen molar-refractivity contribution in [2.24, 2.45) is 0 Å². The number of amides is 1. The Hall–Kier alpha value is -2.09. The zero-order valence-electron chi connectivity index (χ0n) is 13.1. The van der Waals surface area contributed by atoms with E-state index in [1.54, 1.807) is 17.2 Å². The Balaban J connectivity index is 1.67. The Bertz CT molecular complexity index is 759. The molecule has 126 valence electrons. The Kier molecular flexibility index (Phi) is 5.03. The summed E-state index contributed by atoms with van der Waals surface area (Å²) in [5.41, 5.74) is 0.831. The molecule has 0 radical (unpaired) electrons. The number of hydrogen-bond acceptors (Lipinski definition) is 5. The van der Waals surface area contributed by atoms with Crippen LogP contribution < -0.4 is 4.74 Å². The molecule has 8 heteroatoms.